The van der Waals surface area contributed by atoms with Crippen molar-refractivity contribution in [1.29, 1.82) is 5.26 Å². The Morgan fingerprint density at radius 1 is 1.65 bits per heavy atom. The second kappa shape index (κ2) is 6.26. The van der Waals surface area contributed by atoms with Gasteiger partial charge in [0.05, 0.1) is 24.7 Å². The van der Waals surface area contributed by atoms with Crippen molar-refractivity contribution in [2.45, 2.75) is 6.92 Å². The first-order valence-electron chi connectivity index (χ1n) is 5.09. The fourth-order valence-electron chi connectivity index (χ4n) is 1.24. The number of benzene rings is 1. The molecule has 5 heteroatoms. The van der Waals surface area contributed by atoms with E-state index in [4.69, 9.17) is 10.00 Å². The molecule has 0 saturated heterocycles. The smallest absolute Gasteiger partial charge is 0.255 e. The van der Waals surface area contributed by atoms with Crippen LogP contribution in [0.2, 0.25) is 0 Å². The molecule has 1 N–H and O–H groups in total. The Labute approximate surface area is 109 Å². The van der Waals surface area contributed by atoms with Crippen LogP contribution in [-0.2, 0) is 0 Å². The molecule has 0 aliphatic heterocycles. The van der Waals surface area contributed by atoms with Crippen LogP contribution >= 0.6 is 15.9 Å². The van der Waals surface area contributed by atoms with E-state index in [1.807, 2.05) is 0 Å². The minimum atomic E-state index is -0.239. The SMILES string of the molecule is COc1cc(Br)ccc1C(=O)NCC(C)C#N. The molecule has 0 bridgehead atoms. The maximum Gasteiger partial charge on any atom is 0.255 e. The third kappa shape index (κ3) is 3.75. The van der Waals surface area contributed by atoms with Gasteiger partial charge in [0.1, 0.15) is 5.75 Å². The van der Waals surface area contributed by atoms with E-state index in [1.165, 1.54) is 7.11 Å². The molecule has 1 aromatic rings. The van der Waals surface area contributed by atoms with E-state index in [9.17, 15) is 4.79 Å². The van der Waals surface area contributed by atoms with Crippen LogP contribution in [-0.4, -0.2) is 19.6 Å². The number of halogens is 1. The van der Waals surface area contributed by atoms with Crippen LogP contribution in [0.4, 0.5) is 0 Å². The molecule has 0 heterocycles. The van der Waals surface area contributed by atoms with Gasteiger partial charge in [-0.05, 0) is 25.1 Å². The van der Waals surface area contributed by atoms with Crippen molar-refractivity contribution in [2.24, 2.45) is 5.92 Å². The quantitative estimate of drug-likeness (QED) is 0.928. The minimum Gasteiger partial charge on any atom is -0.496 e. The van der Waals surface area contributed by atoms with E-state index < -0.39 is 0 Å². The molecule has 1 atom stereocenters. The lowest BCUT2D eigenvalue weighted by Crippen LogP contribution is -2.28. The highest BCUT2D eigenvalue weighted by Crippen LogP contribution is 2.23. The highest BCUT2D eigenvalue weighted by Gasteiger charge is 2.13. The molecule has 0 aliphatic carbocycles. The predicted molar refractivity (Wildman–Crippen MR) is 67.8 cm³/mol. The Hall–Kier alpha value is -1.54. The van der Waals surface area contributed by atoms with E-state index in [2.05, 4.69) is 27.3 Å². The third-order valence-corrected chi connectivity index (χ3v) is 2.69. The Kier molecular flexibility index (Phi) is 4.98. The van der Waals surface area contributed by atoms with E-state index in [-0.39, 0.29) is 11.8 Å². The number of nitrogens with zero attached hydrogens (tertiary/aromatic N) is 1. The molecule has 0 aliphatic rings. The number of rotatable bonds is 4. The molecular formula is C12H13BrN2O2. The van der Waals surface area contributed by atoms with Gasteiger partial charge in [-0.15, -0.1) is 0 Å². The van der Waals surface area contributed by atoms with Crippen molar-refractivity contribution in [3.63, 3.8) is 0 Å². The zero-order valence-electron chi connectivity index (χ0n) is 9.66. The first-order chi connectivity index (χ1) is 8.08. The van der Waals surface area contributed by atoms with Gasteiger partial charge in [0.15, 0.2) is 0 Å². The molecule has 4 nitrogen and oxygen atoms in total. The van der Waals surface area contributed by atoms with Gasteiger partial charge in [-0.1, -0.05) is 15.9 Å². The number of hydrogen-bond acceptors (Lipinski definition) is 3. The van der Waals surface area contributed by atoms with Gasteiger partial charge in [0.2, 0.25) is 0 Å². The molecule has 1 aromatic carbocycles. The van der Waals surface area contributed by atoms with Gasteiger partial charge in [-0.3, -0.25) is 4.79 Å². The first-order valence-corrected chi connectivity index (χ1v) is 5.89. The Morgan fingerprint density at radius 2 is 2.35 bits per heavy atom. The molecule has 1 rings (SSSR count). The number of nitriles is 1. The number of amides is 1. The van der Waals surface area contributed by atoms with Crippen molar-refractivity contribution in [3.8, 4) is 11.8 Å². The lowest BCUT2D eigenvalue weighted by Gasteiger charge is -2.10. The van der Waals surface area contributed by atoms with E-state index in [0.29, 0.717) is 17.9 Å². The monoisotopic (exact) mass is 296 g/mol. The third-order valence-electron chi connectivity index (χ3n) is 2.20. The lowest BCUT2D eigenvalue weighted by atomic mass is 10.1. The standard InChI is InChI=1S/C12H13BrN2O2/c1-8(6-14)7-15-12(16)10-4-3-9(13)5-11(10)17-2/h3-5,8H,7H2,1-2H3,(H,15,16). The number of hydrogen-bond donors (Lipinski definition) is 1. The van der Waals surface area contributed by atoms with Gasteiger partial charge < -0.3 is 10.1 Å². The lowest BCUT2D eigenvalue weighted by molar-refractivity contribution is 0.0947. The van der Waals surface area contributed by atoms with Crippen molar-refractivity contribution in [2.75, 3.05) is 13.7 Å². The average Bonchev–Trinajstić information content (AvgIpc) is 2.35. The second-order valence-corrected chi connectivity index (χ2v) is 4.50. The molecule has 0 spiro atoms. The molecule has 1 unspecified atom stereocenters. The van der Waals surface area contributed by atoms with E-state index in [1.54, 1.807) is 25.1 Å². The van der Waals surface area contributed by atoms with Crippen LogP contribution in [0.15, 0.2) is 22.7 Å². The summed E-state index contributed by atoms with van der Waals surface area (Å²) in [4.78, 5) is 11.8. The molecule has 0 saturated carbocycles. The maximum absolute atomic E-state index is 11.8. The summed E-state index contributed by atoms with van der Waals surface area (Å²) in [6, 6.07) is 7.23. The normalized spacial score (nSPS) is 11.4. The van der Waals surface area contributed by atoms with Gasteiger partial charge in [-0.25, -0.2) is 0 Å². The summed E-state index contributed by atoms with van der Waals surface area (Å²) in [5.41, 5.74) is 0.459. The van der Waals surface area contributed by atoms with Crippen LogP contribution in [0.5, 0.6) is 5.75 Å². The average molecular weight is 297 g/mol. The van der Waals surface area contributed by atoms with Crippen LogP contribution in [0, 0.1) is 17.2 Å². The van der Waals surface area contributed by atoms with Gasteiger partial charge in [-0.2, -0.15) is 5.26 Å². The molecule has 90 valence electrons. The first kappa shape index (κ1) is 13.5. The zero-order chi connectivity index (χ0) is 12.8. The summed E-state index contributed by atoms with van der Waals surface area (Å²) in [6.07, 6.45) is 0. The summed E-state index contributed by atoms with van der Waals surface area (Å²) in [7, 11) is 1.51. The van der Waals surface area contributed by atoms with Crippen molar-refractivity contribution in [3.05, 3.63) is 28.2 Å². The summed E-state index contributed by atoms with van der Waals surface area (Å²) in [6.45, 7) is 2.08. The van der Waals surface area contributed by atoms with Crippen molar-refractivity contribution < 1.29 is 9.53 Å². The predicted octanol–water partition coefficient (Wildman–Crippen LogP) is 2.35. The molecule has 17 heavy (non-hydrogen) atoms. The number of ether oxygens (including phenoxy) is 1. The molecule has 0 radical (unpaired) electrons. The fraction of sp³-hybridized carbons (Fsp3) is 0.333. The Balaban J connectivity index is 2.79. The van der Waals surface area contributed by atoms with Gasteiger partial charge >= 0.3 is 0 Å². The van der Waals surface area contributed by atoms with Crippen LogP contribution in [0.3, 0.4) is 0 Å². The largest absolute Gasteiger partial charge is 0.496 e. The van der Waals surface area contributed by atoms with E-state index in [0.717, 1.165) is 4.47 Å². The van der Waals surface area contributed by atoms with Crippen LogP contribution < -0.4 is 10.1 Å². The van der Waals surface area contributed by atoms with E-state index >= 15 is 0 Å². The van der Waals surface area contributed by atoms with Gasteiger partial charge in [0, 0.05) is 11.0 Å². The summed E-state index contributed by atoms with van der Waals surface area (Å²) >= 11 is 3.30. The summed E-state index contributed by atoms with van der Waals surface area (Å²) < 4.78 is 5.97. The van der Waals surface area contributed by atoms with Crippen LogP contribution in [0.1, 0.15) is 17.3 Å². The highest BCUT2D eigenvalue weighted by molar-refractivity contribution is 9.10. The molecular weight excluding hydrogens is 284 g/mol. The summed E-state index contributed by atoms with van der Waals surface area (Å²) in [5.74, 6) is 0.0540. The Morgan fingerprint density at radius 3 is 2.94 bits per heavy atom. The molecule has 1 amide bonds. The van der Waals surface area contributed by atoms with Crippen LogP contribution in [0.25, 0.3) is 0 Å². The van der Waals surface area contributed by atoms with Crippen molar-refractivity contribution in [1.82, 2.24) is 5.32 Å². The summed E-state index contributed by atoms with van der Waals surface area (Å²) in [5, 5.41) is 11.3. The molecule has 0 aromatic heterocycles. The second-order valence-electron chi connectivity index (χ2n) is 3.58. The minimum absolute atomic E-state index is 0.208. The fourth-order valence-corrected chi connectivity index (χ4v) is 1.58. The number of carbonyl (C=O) groups excluding carboxylic acids is 1. The number of carbonyl (C=O) groups is 1. The zero-order valence-corrected chi connectivity index (χ0v) is 11.2. The molecule has 0 fully saturated rings. The van der Waals surface area contributed by atoms with Crippen molar-refractivity contribution >= 4 is 21.8 Å². The Bertz CT molecular complexity index is 454. The number of methoxy groups -OCH3 is 1. The maximum atomic E-state index is 11.8. The topological polar surface area (TPSA) is 62.1 Å². The van der Waals surface area contributed by atoms with Gasteiger partial charge in [0.25, 0.3) is 5.91 Å². The number of nitrogens with one attached hydrogen (secondary N) is 1. The highest BCUT2D eigenvalue weighted by atomic mass is 79.9.